The average Bonchev–Trinajstić information content (AvgIpc) is 3.34. The number of benzene rings is 2. The van der Waals surface area contributed by atoms with Gasteiger partial charge in [0.2, 0.25) is 11.8 Å². The number of halogens is 1. The second kappa shape index (κ2) is 8.54. The third-order valence-corrected chi connectivity index (χ3v) is 8.85. The molecule has 38 heavy (non-hydrogen) atoms. The molecule has 7 rings (SSSR count). The summed E-state index contributed by atoms with van der Waals surface area (Å²) in [4.78, 5) is 56.0. The summed E-state index contributed by atoms with van der Waals surface area (Å²) < 4.78 is 13.1. The maximum Gasteiger partial charge on any atom is 0.262 e. The van der Waals surface area contributed by atoms with Gasteiger partial charge in [-0.15, -0.1) is 0 Å². The van der Waals surface area contributed by atoms with E-state index in [1.54, 1.807) is 0 Å². The molecule has 3 fully saturated rings. The molecule has 1 unspecified atom stereocenters. The van der Waals surface area contributed by atoms with Gasteiger partial charge in [0, 0.05) is 51.1 Å². The molecular weight excluding hydrogens is 487 g/mol. The number of piperidine rings is 1. The number of imide groups is 2. The summed E-state index contributed by atoms with van der Waals surface area (Å²) in [7, 11) is 0. The van der Waals surface area contributed by atoms with Crippen LogP contribution < -0.4 is 5.32 Å². The van der Waals surface area contributed by atoms with E-state index in [4.69, 9.17) is 0 Å². The molecule has 196 valence electrons. The molecule has 2 aromatic carbocycles. The number of hydrogen-bond acceptors (Lipinski definition) is 6. The zero-order chi connectivity index (χ0) is 26.2. The molecule has 0 saturated carbocycles. The molecule has 4 aliphatic heterocycles. The minimum atomic E-state index is -0.931. The second-order valence-corrected chi connectivity index (χ2v) is 11.8. The summed E-state index contributed by atoms with van der Waals surface area (Å²) in [5, 5.41) is 2.24. The highest BCUT2D eigenvalue weighted by atomic mass is 19.1. The van der Waals surface area contributed by atoms with Gasteiger partial charge in [0.05, 0.1) is 11.1 Å². The Kier molecular flexibility index (Phi) is 5.32. The predicted octanol–water partition coefficient (Wildman–Crippen LogP) is 1.76. The minimum absolute atomic E-state index is 0.117. The van der Waals surface area contributed by atoms with E-state index in [0.717, 1.165) is 73.7 Å². The van der Waals surface area contributed by atoms with Gasteiger partial charge in [0.1, 0.15) is 11.9 Å². The molecule has 0 bridgehead atoms. The molecule has 4 amide bonds. The Labute approximate surface area is 219 Å². The van der Waals surface area contributed by atoms with E-state index in [-0.39, 0.29) is 24.6 Å². The summed E-state index contributed by atoms with van der Waals surface area (Å²) in [5.74, 6) is -1.58. The molecule has 1 spiro atoms. The van der Waals surface area contributed by atoms with Crippen LogP contribution in [-0.4, -0.2) is 77.1 Å². The van der Waals surface area contributed by atoms with Crippen LogP contribution in [0.3, 0.4) is 0 Å². The van der Waals surface area contributed by atoms with E-state index in [2.05, 4.69) is 15.1 Å². The monoisotopic (exact) mass is 516 g/mol. The van der Waals surface area contributed by atoms with Crippen LogP contribution in [-0.2, 0) is 29.0 Å². The van der Waals surface area contributed by atoms with Gasteiger partial charge in [-0.2, -0.15) is 0 Å². The molecule has 4 heterocycles. The number of carbonyl (C=O) groups excluding carboxylic acids is 4. The summed E-state index contributed by atoms with van der Waals surface area (Å²) in [6, 6.07) is 9.53. The Morgan fingerprint density at radius 3 is 2.08 bits per heavy atom. The first-order valence-corrected chi connectivity index (χ1v) is 13.3. The number of likely N-dealkylation sites (tertiary alicyclic amines) is 2. The molecule has 1 aliphatic carbocycles. The molecule has 5 aliphatic rings. The van der Waals surface area contributed by atoms with E-state index < -0.39 is 23.8 Å². The highest BCUT2D eigenvalue weighted by molar-refractivity contribution is 6.23. The minimum Gasteiger partial charge on any atom is -0.302 e. The number of rotatable bonds is 5. The zero-order valence-corrected chi connectivity index (χ0v) is 21.0. The van der Waals surface area contributed by atoms with E-state index >= 15 is 0 Å². The number of nitrogens with one attached hydrogen (secondary N) is 1. The molecule has 0 radical (unpaired) electrons. The zero-order valence-electron chi connectivity index (χ0n) is 21.0. The van der Waals surface area contributed by atoms with Crippen molar-refractivity contribution in [2.45, 2.75) is 38.3 Å². The number of fused-ring (bicyclic) bond motifs is 2. The molecule has 9 heteroatoms. The quantitative estimate of drug-likeness (QED) is 0.610. The molecule has 1 N–H and O–H groups in total. The first kappa shape index (κ1) is 23.7. The lowest BCUT2D eigenvalue weighted by Crippen LogP contribution is -2.72. The van der Waals surface area contributed by atoms with Crippen molar-refractivity contribution in [3.63, 3.8) is 0 Å². The van der Waals surface area contributed by atoms with Gasteiger partial charge in [-0.1, -0.05) is 12.1 Å². The highest BCUT2D eigenvalue weighted by Crippen LogP contribution is 2.42. The Balaban J connectivity index is 0.938. The predicted molar refractivity (Wildman–Crippen MR) is 135 cm³/mol. The Hall–Kier alpha value is -3.43. The van der Waals surface area contributed by atoms with Crippen molar-refractivity contribution < 1.29 is 23.6 Å². The number of hydrogen-bond donors (Lipinski definition) is 1. The van der Waals surface area contributed by atoms with E-state index in [1.165, 1.54) is 12.1 Å². The van der Waals surface area contributed by atoms with Gasteiger partial charge in [0.25, 0.3) is 11.8 Å². The van der Waals surface area contributed by atoms with Crippen LogP contribution in [0.15, 0.2) is 36.4 Å². The summed E-state index contributed by atoms with van der Waals surface area (Å²) in [5.41, 5.74) is 4.50. The highest BCUT2D eigenvalue weighted by Gasteiger charge is 2.52. The van der Waals surface area contributed by atoms with E-state index in [0.29, 0.717) is 22.5 Å². The van der Waals surface area contributed by atoms with Crippen LogP contribution >= 0.6 is 0 Å². The van der Waals surface area contributed by atoms with Gasteiger partial charge in [0.15, 0.2) is 0 Å². The third-order valence-electron chi connectivity index (χ3n) is 8.85. The first-order valence-electron chi connectivity index (χ1n) is 13.3. The van der Waals surface area contributed by atoms with Gasteiger partial charge in [-0.3, -0.25) is 34.3 Å². The van der Waals surface area contributed by atoms with Crippen LogP contribution in [0, 0.1) is 17.2 Å². The fraction of sp³-hybridized carbons (Fsp3) is 0.448. The Morgan fingerprint density at radius 2 is 1.47 bits per heavy atom. The number of nitrogens with zero attached hydrogens (tertiary/aromatic N) is 3. The maximum atomic E-state index is 13.1. The fourth-order valence-electron chi connectivity index (χ4n) is 7.27. The van der Waals surface area contributed by atoms with Crippen molar-refractivity contribution in [1.29, 1.82) is 0 Å². The lowest BCUT2D eigenvalue weighted by molar-refractivity contribution is -0.136. The summed E-state index contributed by atoms with van der Waals surface area (Å²) in [6.07, 6.45) is 2.04. The topological polar surface area (TPSA) is 90.0 Å². The average molecular weight is 517 g/mol. The Morgan fingerprint density at radius 1 is 0.868 bits per heavy atom. The van der Waals surface area contributed by atoms with Crippen molar-refractivity contribution in [2.75, 3.05) is 32.7 Å². The van der Waals surface area contributed by atoms with Crippen molar-refractivity contribution in [1.82, 2.24) is 20.0 Å². The normalized spacial score (nSPS) is 24.9. The molecular formula is C29H29FN4O4. The molecule has 1 atom stereocenters. The van der Waals surface area contributed by atoms with Gasteiger partial charge < -0.3 is 4.90 Å². The van der Waals surface area contributed by atoms with Crippen LogP contribution in [0.4, 0.5) is 4.39 Å². The largest absolute Gasteiger partial charge is 0.302 e. The summed E-state index contributed by atoms with van der Waals surface area (Å²) in [6.45, 7) is 6.20. The SMILES string of the molecule is O=C1CCC(N2C(=O)c3cc4c(cc3C2=O)CC(CN2CC3(CN(Cc5ccc(F)cc5)C3)C2)C4)C(=O)N1. The second-order valence-electron chi connectivity index (χ2n) is 11.8. The maximum absolute atomic E-state index is 13.1. The molecule has 0 aromatic heterocycles. The van der Waals surface area contributed by atoms with E-state index in [1.807, 2.05) is 24.3 Å². The van der Waals surface area contributed by atoms with E-state index in [9.17, 15) is 23.6 Å². The van der Waals surface area contributed by atoms with Crippen LogP contribution in [0.25, 0.3) is 0 Å². The molecule has 2 aromatic rings. The van der Waals surface area contributed by atoms with Crippen molar-refractivity contribution in [3.05, 3.63) is 70.0 Å². The third kappa shape index (κ3) is 3.87. The lowest BCUT2D eigenvalue weighted by Gasteiger charge is -2.61. The lowest BCUT2D eigenvalue weighted by atomic mass is 9.72. The van der Waals surface area contributed by atoms with Crippen LogP contribution in [0.5, 0.6) is 0 Å². The molecule has 3 saturated heterocycles. The fourth-order valence-corrected chi connectivity index (χ4v) is 7.27. The smallest absolute Gasteiger partial charge is 0.262 e. The Bertz CT molecular complexity index is 1330. The van der Waals surface area contributed by atoms with Gasteiger partial charge >= 0.3 is 0 Å². The van der Waals surface area contributed by atoms with Crippen LogP contribution in [0.1, 0.15) is 50.2 Å². The van der Waals surface area contributed by atoms with Crippen molar-refractivity contribution in [2.24, 2.45) is 11.3 Å². The van der Waals surface area contributed by atoms with Gasteiger partial charge in [-0.25, -0.2) is 4.39 Å². The van der Waals surface area contributed by atoms with Crippen molar-refractivity contribution in [3.8, 4) is 0 Å². The van der Waals surface area contributed by atoms with Crippen molar-refractivity contribution >= 4 is 23.6 Å². The summed E-state index contributed by atoms with van der Waals surface area (Å²) >= 11 is 0. The number of amides is 4. The standard InChI is InChI=1S/C29H29FN4O4/c30-21-3-1-17(2-4-21)11-32-13-29(14-32)15-33(16-29)12-18-7-19-9-22-23(10-20(19)8-18)28(38)34(27(22)37)24-5-6-25(35)31-26(24)36/h1-4,9-10,18,24H,5-8,11-16H2,(H,31,35,36). The first-order chi connectivity index (χ1) is 18.3. The molecule has 8 nitrogen and oxygen atoms in total. The van der Waals surface area contributed by atoms with Gasteiger partial charge in [-0.05, 0) is 66.1 Å². The van der Waals surface area contributed by atoms with Crippen LogP contribution in [0.2, 0.25) is 0 Å². The number of carbonyl (C=O) groups is 4.